The Morgan fingerprint density at radius 2 is 2.06 bits per heavy atom. The number of hydrogen-bond acceptors (Lipinski definition) is 6. The third-order valence-corrected chi connectivity index (χ3v) is 2.22. The Balaban J connectivity index is 2.51. The van der Waals surface area contributed by atoms with Crippen LogP contribution in [-0.4, -0.2) is 34.7 Å². The summed E-state index contributed by atoms with van der Waals surface area (Å²) < 4.78 is 5.37. The first-order valence-corrected chi connectivity index (χ1v) is 5.87. The molecule has 0 aliphatic carbocycles. The minimum atomic E-state index is -0.418. The molecule has 7 heteroatoms. The quantitative estimate of drug-likeness (QED) is 0.709. The summed E-state index contributed by atoms with van der Waals surface area (Å²) in [5, 5.41) is 16.3. The van der Waals surface area contributed by atoms with Crippen molar-refractivity contribution in [3.63, 3.8) is 0 Å². The van der Waals surface area contributed by atoms with Gasteiger partial charge in [-0.3, -0.25) is 4.79 Å². The SMILES string of the molecule is CNC(=O)C(C)Nc1nnc(CNC(C)(C)C)o1. The molecule has 3 N–H and O–H groups in total. The fraction of sp³-hybridized carbons (Fsp3) is 0.727. The molecule has 1 unspecified atom stereocenters. The fourth-order valence-corrected chi connectivity index (χ4v) is 1.19. The summed E-state index contributed by atoms with van der Waals surface area (Å²) in [5.74, 6) is 0.346. The average molecular weight is 255 g/mol. The molecule has 0 fully saturated rings. The zero-order valence-corrected chi connectivity index (χ0v) is 11.5. The number of carbonyl (C=O) groups excluding carboxylic acids is 1. The van der Waals surface area contributed by atoms with E-state index in [1.54, 1.807) is 14.0 Å². The molecule has 1 aromatic heterocycles. The van der Waals surface area contributed by atoms with Gasteiger partial charge in [0.25, 0.3) is 0 Å². The highest BCUT2D eigenvalue weighted by Gasteiger charge is 2.15. The number of aromatic nitrogens is 2. The molecule has 0 radical (unpaired) electrons. The molecule has 1 amide bonds. The Kier molecular flexibility index (Phi) is 4.66. The van der Waals surface area contributed by atoms with Gasteiger partial charge in [0.2, 0.25) is 11.8 Å². The molecule has 1 heterocycles. The molecule has 1 atom stereocenters. The van der Waals surface area contributed by atoms with Crippen molar-refractivity contribution in [2.75, 3.05) is 12.4 Å². The molecule has 0 bridgehead atoms. The second kappa shape index (κ2) is 5.81. The summed E-state index contributed by atoms with van der Waals surface area (Å²) in [6.07, 6.45) is 0. The van der Waals surface area contributed by atoms with Gasteiger partial charge in [0.05, 0.1) is 6.54 Å². The lowest BCUT2D eigenvalue weighted by atomic mass is 10.1. The second-order valence-corrected chi connectivity index (χ2v) is 5.08. The van der Waals surface area contributed by atoms with Gasteiger partial charge in [-0.25, -0.2) is 0 Å². The third kappa shape index (κ3) is 4.70. The maximum atomic E-state index is 11.3. The molecule has 0 saturated heterocycles. The van der Waals surface area contributed by atoms with E-state index >= 15 is 0 Å². The van der Waals surface area contributed by atoms with E-state index in [0.717, 1.165) is 0 Å². The lowest BCUT2D eigenvalue weighted by Crippen LogP contribution is -2.35. The Hall–Kier alpha value is -1.63. The van der Waals surface area contributed by atoms with Crippen molar-refractivity contribution in [1.29, 1.82) is 0 Å². The first-order valence-electron chi connectivity index (χ1n) is 5.87. The van der Waals surface area contributed by atoms with E-state index in [2.05, 4.69) is 46.9 Å². The normalized spacial score (nSPS) is 13.2. The van der Waals surface area contributed by atoms with Crippen LogP contribution in [-0.2, 0) is 11.3 Å². The number of carbonyl (C=O) groups is 1. The van der Waals surface area contributed by atoms with Crippen molar-refractivity contribution in [3.05, 3.63) is 5.89 Å². The molecule has 0 saturated carbocycles. The van der Waals surface area contributed by atoms with Gasteiger partial charge in [0, 0.05) is 12.6 Å². The van der Waals surface area contributed by atoms with Gasteiger partial charge in [0.1, 0.15) is 6.04 Å². The van der Waals surface area contributed by atoms with Crippen molar-refractivity contribution >= 4 is 11.9 Å². The maximum Gasteiger partial charge on any atom is 0.316 e. The predicted octanol–water partition coefficient (Wildman–Crippen LogP) is 0.504. The molecule has 7 nitrogen and oxygen atoms in total. The summed E-state index contributed by atoms with van der Waals surface area (Å²) in [6.45, 7) is 8.37. The van der Waals surface area contributed by atoms with Crippen LogP contribution in [0.15, 0.2) is 4.42 Å². The number of amides is 1. The van der Waals surface area contributed by atoms with Crippen molar-refractivity contribution in [3.8, 4) is 0 Å². The monoisotopic (exact) mass is 255 g/mol. The van der Waals surface area contributed by atoms with E-state index in [-0.39, 0.29) is 17.5 Å². The molecule has 0 aliphatic heterocycles. The second-order valence-electron chi connectivity index (χ2n) is 5.08. The number of nitrogens with one attached hydrogen (secondary N) is 3. The van der Waals surface area contributed by atoms with Gasteiger partial charge in [-0.2, -0.15) is 0 Å². The number of rotatable bonds is 5. The number of hydrogen-bond donors (Lipinski definition) is 3. The van der Waals surface area contributed by atoms with Gasteiger partial charge in [0.15, 0.2) is 0 Å². The molecule has 18 heavy (non-hydrogen) atoms. The Morgan fingerprint density at radius 1 is 1.39 bits per heavy atom. The van der Waals surface area contributed by atoms with Gasteiger partial charge in [-0.05, 0) is 27.7 Å². The number of anilines is 1. The summed E-state index contributed by atoms with van der Waals surface area (Å²) in [4.78, 5) is 11.3. The summed E-state index contributed by atoms with van der Waals surface area (Å²) >= 11 is 0. The smallest absolute Gasteiger partial charge is 0.316 e. The van der Waals surface area contributed by atoms with E-state index in [9.17, 15) is 4.79 Å². The first-order chi connectivity index (χ1) is 8.31. The molecule has 0 aromatic carbocycles. The summed E-state index contributed by atoms with van der Waals surface area (Å²) in [7, 11) is 1.58. The van der Waals surface area contributed by atoms with Crippen LogP contribution < -0.4 is 16.0 Å². The highest BCUT2D eigenvalue weighted by molar-refractivity contribution is 5.83. The van der Waals surface area contributed by atoms with Crippen LogP contribution in [0.25, 0.3) is 0 Å². The van der Waals surface area contributed by atoms with E-state index in [1.165, 1.54) is 0 Å². The molecule has 1 aromatic rings. The van der Waals surface area contributed by atoms with Crippen LogP contribution in [0, 0.1) is 0 Å². The highest BCUT2D eigenvalue weighted by Crippen LogP contribution is 2.08. The van der Waals surface area contributed by atoms with E-state index in [4.69, 9.17) is 4.42 Å². The van der Waals surface area contributed by atoms with Crippen LogP contribution in [0.5, 0.6) is 0 Å². The van der Waals surface area contributed by atoms with Crippen LogP contribution in [0.1, 0.15) is 33.6 Å². The first kappa shape index (κ1) is 14.4. The van der Waals surface area contributed by atoms with Crippen molar-refractivity contribution in [1.82, 2.24) is 20.8 Å². The highest BCUT2D eigenvalue weighted by atomic mass is 16.4. The van der Waals surface area contributed by atoms with Crippen molar-refractivity contribution in [2.24, 2.45) is 0 Å². The third-order valence-electron chi connectivity index (χ3n) is 2.22. The standard InChI is InChI=1S/C11H21N5O2/c1-7(9(17)12-5)14-10-16-15-8(18-10)6-13-11(2,3)4/h7,13H,6H2,1-5H3,(H,12,17)(H,14,16). The number of likely N-dealkylation sites (N-methyl/N-ethyl adjacent to an activating group) is 1. The zero-order chi connectivity index (χ0) is 13.8. The molecule has 0 aliphatic rings. The molecular formula is C11H21N5O2. The Morgan fingerprint density at radius 3 is 2.61 bits per heavy atom. The largest absolute Gasteiger partial charge is 0.407 e. The van der Waals surface area contributed by atoms with Crippen LogP contribution in [0.4, 0.5) is 6.01 Å². The van der Waals surface area contributed by atoms with Crippen LogP contribution in [0.3, 0.4) is 0 Å². The topological polar surface area (TPSA) is 92.1 Å². The van der Waals surface area contributed by atoms with Gasteiger partial charge in [-0.15, -0.1) is 5.10 Å². The lowest BCUT2D eigenvalue weighted by Gasteiger charge is -2.18. The van der Waals surface area contributed by atoms with Gasteiger partial charge >= 0.3 is 6.01 Å². The molecule has 0 spiro atoms. The molecule has 102 valence electrons. The zero-order valence-electron chi connectivity index (χ0n) is 11.5. The summed E-state index contributed by atoms with van der Waals surface area (Å²) in [5.41, 5.74) is -0.0164. The minimum Gasteiger partial charge on any atom is -0.407 e. The Labute approximate surface area is 107 Å². The van der Waals surface area contributed by atoms with Crippen LogP contribution in [0.2, 0.25) is 0 Å². The van der Waals surface area contributed by atoms with Gasteiger partial charge in [-0.1, -0.05) is 5.10 Å². The van der Waals surface area contributed by atoms with Gasteiger partial charge < -0.3 is 20.4 Å². The predicted molar refractivity (Wildman–Crippen MR) is 68.0 cm³/mol. The summed E-state index contributed by atoms with van der Waals surface area (Å²) in [6, 6.07) is -0.171. The molecule has 1 rings (SSSR count). The van der Waals surface area contributed by atoms with Crippen molar-refractivity contribution < 1.29 is 9.21 Å². The van der Waals surface area contributed by atoms with E-state index < -0.39 is 6.04 Å². The number of nitrogens with zero attached hydrogens (tertiary/aromatic N) is 2. The fourth-order valence-electron chi connectivity index (χ4n) is 1.19. The maximum absolute atomic E-state index is 11.3. The van der Waals surface area contributed by atoms with E-state index in [0.29, 0.717) is 12.4 Å². The van der Waals surface area contributed by atoms with Crippen molar-refractivity contribution in [2.45, 2.75) is 45.8 Å². The molecular weight excluding hydrogens is 234 g/mol. The minimum absolute atomic E-state index is 0.0164. The Bertz CT molecular complexity index is 396. The van der Waals surface area contributed by atoms with E-state index in [1.807, 2.05) is 0 Å². The average Bonchev–Trinajstić information content (AvgIpc) is 2.72. The van der Waals surface area contributed by atoms with Crippen LogP contribution >= 0.6 is 0 Å². The lowest BCUT2D eigenvalue weighted by molar-refractivity contribution is -0.121.